The first kappa shape index (κ1) is 17.9. The topological polar surface area (TPSA) is 115 Å². The van der Waals surface area contributed by atoms with E-state index in [4.69, 9.17) is 10.00 Å². The van der Waals surface area contributed by atoms with Crippen LogP contribution in [-0.4, -0.2) is 39.5 Å². The maximum atomic E-state index is 11.4. The first-order valence-corrected chi connectivity index (χ1v) is 6.91. The Morgan fingerprint density at radius 2 is 2.14 bits per heavy atom. The molecule has 0 saturated carbocycles. The Morgan fingerprint density at radius 1 is 1.45 bits per heavy atom. The molecule has 0 aliphatic carbocycles. The molecule has 0 aromatic carbocycles. The van der Waals surface area contributed by atoms with Crippen molar-refractivity contribution in [1.82, 2.24) is 10.3 Å². The van der Waals surface area contributed by atoms with E-state index in [2.05, 4.69) is 10.3 Å². The Hall–Kier alpha value is -2.17. The quantitative estimate of drug-likeness (QED) is 0.754. The molecule has 2 atom stereocenters. The van der Waals surface area contributed by atoms with Crippen molar-refractivity contribution in [2.24, 2.45) is 0 Å². The van der Waals surface area contributed by atoms with Crippen LogP contribution in [0.25, 0.3) is 0 Å². The van der Waals surface area contributed by atoms with Crippen molar-refractivity contribution in [3.63, 3.8) is 0 Å². The van der Waals surface area contributed by atoms with E-state index in [9.17, 15) is 15.0 Å². The van der Waals surface area contributed by atoms with Gasteiger partial charge in [-0.05, 0) is 33.3 Å². The Kier molecular flexibility index (Phi) is 6.28. The van der Waals surface area contributed by atoms with Crippen molar-refractivity contribution in [3.8, 4) is 6.07 Å². The lowest BCUT2D eigenvalue weighted by molar-refractivity contribution is 0.0121. The lowest BCUT2D eigenvalue weighted by Crippen LogP contribution is -2.34. The van der Waals surface area contributed by atoms with Gasteiger partial charge in [0, 0.05) is 24.5 Å². The summed E-state index contributed by atoms with van der Waals surface area (Å²) >= 11 is 0. The van der Waals surface area contributed by atoms with Gasteiger partial charge in [0.1, 0.15) is 17.8 Å². The van der Waals surface area contributed by atoms with Crippen molar-refractivity contribution >= 4 is 6.09 Å². The number of rotatable bonds is 5. The standard InChI is InChI=1S/C15H21N3O4/c1-15(2,3)22-14(21)18-5-4-12(19)13(20)11-6-10(7-16)8-17-9-11/h6,8-9,12-13,19-20H,4-5H2,1-3H3,(H,18,21). The van der Waals surface area contributed by atoms with Crippen LogP contribution in [0.3, 0.4) is 0 Å². The smallest absolute Gasteiger partial charge is 0.407 e. The fourth-order valence-electron chi connectivity index (χ4n) is 1.70. The highest BCUT2D eigenvalue weighted by molar-refractivity contribution is 5.67. The van der Waals surface area contributed by atoms with Crippen molar-refractivity contribution < 1.29 is 19.7 Å². The average molecular weight is 307 g/mol. The number of amides is 1. The second-order valence-electron chi connectivity index (χ2n) is 5.85. The predicted octanol–water partition coefficient (Wildman–Crippen LogP) is 1.26. The lowest BCUT2D eigenvalue weighted by atomic mass is 10.0. The largest absolute Gasteiger partial charge is 0.444 e. The van der Waals surface area contributed by atoms with E-state index < -0.39 is 23.9 Å². The van der Waals surface area contributed by atoms with Crippen LogP contribution in [0.1, 0.15) is 44.4 Å². The van der Waals surface area contributed by atoms with E-state index in [1.54, 1.807) is 20.8 Å². The third-order valence-electron chi connectivity index (χ3n) is 2.70. The number of ether oxygens (including phenoxy) is 1. The molecule has 0 aliphatic rings. The predicted molar refractivity (Wildman–Crippen MR) is 78.8 cm³/mol. The summed E-state index contributed by atoms with van der Waals surface area (Å²) in [6, 6.07) is 3.37. The van der Waals surface area contributed by atoms with Crippen LogP contribution in [-0.2, 0) is 4.74 Å². The third-order valence-corrected chi connectivity index (χ3v) is 2.70. The zero-order valence-corrected chi connectivity index (χ0v) is 12.9. The van der Waals surface area contributed by atoms with Crippen molar-refractivity contribution in [1.29, 1.82) is 5.26 Å². The number of hydrogen-bond acceptors (Lipinski definition) is 6. The van der Waals surface area contributed by atoms with Crippen molar-refractivity contribution in [2.75, 3.05) is 6.54 Å². The summed E-state index contributed by atoms with van der Waals surface area (Å²) in [5.41, 5.74) is 0.0606. The number of hydrogen-bond donors (Lipinski definition) is 3. The van der Waals surface area contributed by atoms with Crippen LogP contribution in [0.5, 0.6) is 0 Å². The molecule has 22 heavy (non-hydrogen) atoms. The van der Waals surface area contributed by atoms with Crippen LogP contribution < -0.4 is 5.32 Å². The third kappa shape index (κ3) is 6.08. The molecule has 1 heterocycles. The second-order valence-corrected chi connectivity index (χ2v) is 5.85. The van der Waals surface area contributed by atoms with E-state index in [0.29, 0.717) is 11.1 Å². The molecule has 1 amide bonds. The molecule has 0 bridgehead atoms. The molecule has 0 aliphatic heterocycles. The molecule has 0 fully saturated rings. The van der Waals surface area contributed by atoms with E-state index in [0.717, 1.165) is 0 Å². The van der Waals surface area contributed by atoms with Gasteiger partial charge in [-0.3, -0.25) is 4.98 Å². The van der Waals surface area contributed by atoms with E-state index >= 15 is 0 Å². The minimum absolute atomic E-state index is 0.136. The van der Waals surface area contributed by atoms with Crippen LogP contribution >= 0.6 is 0 Å². The number of aromatic nitrogens is 1. The van der Waals surface area contributed by atoms with E-state index in [1.165, 1.54) is 18.5 Å². The minimum atomic E-state index is -1.18. The number of nitrogens with zero attached hydrogens (tertiary/aromatic N) is 2. The maximum absolute atomic E-state index is 11.4. The van der Waals surface area contributed by atoms with Gasteiger partial charge in [-0.1, -0.05) is 0 Å². The fraction of sp³-hybridized carbons (Fsp3) is 0.533. The zero-order valence-electron chi connectivity index (χ0n) is 12.9. The second kappa shape index (κ2) is 7.73. The molecule has 2 unspecified atom stereocenters. The molecule has 1 rings (SSSR count). The number of nitriles is 1. The molecule has 0 spiro atoms. The zero-order chi connectivity index (χ0) is 16.8. The van der Waals surface area contributed by atoms with Gasteiger partial charge < -0.3 is 20.3 Å². The highest BCUT2D eigenvalue weighted by atomic mass is 16.6. The van der Waals surface area contributed by atoms with Gasteiger partial charge in [0.05, 0.1) is 11.7 Å². The summed E-state index contributed by atoms with van der Waals surface area (Å²) in [7, 11) is 0. The van der Waals surface area contributed by atoms with E-state index in [1.807, 2.05) is 6.07 Å². The molecule has 7 heteroatoms. The van der Waals surface area contributed by atoms with Crippen LogP contribution in [0.15, 0.2) is 18.5 Å². The molecule has 7 nitrogen and oxygen atoms in total. The summed E-state index contributed by atoms with van der Waals surface area (Å²) in [5.74, 6) is 0. The maximum Gasteiger partial charge on any atom is 0.407 e. The Morgan fingerprint density at radius 3 is 2.73 bits per heavy atom. The van der Waals surface area contributed by atoms with Crippen LogP contribution in [0.4, 0.5) is 4.79 Å². The number of aliphatic hydroxyl groups excluding tert-OH is 2. The Labute approximate surface area is 129 Å². The van der Waals surface area contributed by atoms with Crippen molar-refractivity contribution in [2.45, 2.75) is 45.0 Å². The normalized spacial score (nSPS) is 13.8. The van der Waals surface area contributed by atoms with Gasteiger partial charge in [0.15, 0.2) is 0 Å². The minimum Gasteiger partial charge on any atom is -0.444 e. The molecule has 1 aromatic rings. The van der Waals surface area contributed by atoms with Crippen LogP contribution in [0, 0.1) is 11.3 Å². The summed E-state index contributed by atoms with van der Waals surface area (Å²) in [6.45, 7) is 5.40. The molecule has 0 radical (unpaired) electrons. The Bertz CT molecular complexity index is 548. The molecule has 120 valence electrons. The number of alkyl carbamates (subject to hydrolysis) is 1. The number of carbonyl (C=O) groups is 1. The highest BCUT2D eigenvalue weighted by Crippen LogP contribution is 2.18. The summed E-state index contributed by atoms with van der Waals surface area (Å²) in [6.07, 6.45) is 0.0362. The monoisotopic (exact) mass is 307 g/mol. The molecule has 0 saturated heterocycles. The molecular formula is C15H21N3O4. The number of aliphatic hydroxyl groups is 2. The molecular weight excluding hydrogens is 286 g/mol. The first-order chi connectivity index (χ1) is 10.2. The number of carbonyl (C=O) groups excluding carboxylic acids is 1. The summed E-state index contributed by atoms with van der Waals surface area (Å²) in [4.78, 5) is 15.3. The van der Waals surface area contributed by atoms with Gasteiger partial charge >= 0.3 is 6.09 Å². The fourth-order valence-corrected chi connectivity index (χ4v) is 1.70. The van der Waals surface area contributed by atoms with Crippen LogP contribution in [0.2, 0.25) is 0 Å². The van der Waals surface area contributed by atoms with Gasteiger partial charge in [-0.15, -0.1) is 0 Å². The van der Waals surface area contributed by atoms with Gasteiger partial charge in [-0.2, -0.15) is 5.26 Å². The van der Waals surface area contributed by atoms with Gasteiger partial charge in [-0.25, -0.2) is 4.79 Å². The summed E-state index contributed by atoms with van der Waals surface area (Å²) < 4.78 is 5.05. The van der Waals surface area contributed by atoms with Gasteiger partial charge in [0.2, 0.25) is 0 Å². The lowest BCUT2D eigenvalue weighted by Gasteiger charge is -2.21. The number of nitrogens with one attached hydrogen (secondary N) is 1. The Balaban J connectivity index is 2.46. The van der Waals surface area contributed by atoms with Gasteiger partial charge in [0.25, 0.3) is 0 Å². The molecule has 1 aromatic heterocycles. The SMILES string of the molecule is CC(C)(C)OC(=O)NCCC(O)C(O)c1cncc(C#N)c1. The van der Waals surface area contributed by atoms with E-state index in [-0.39, 0.29) is 13.0 Å². The summed E-state index contributed by atoms with van der Waals surface area (Å²) in [5, 5.41) is 31.2. The average Bonchev–Trinajstić information content (AvgIpc) is 2.44. The molecule has 3 N–H and O–H groups in total. The first-order valence-electron chi connectivity index (χ1n) is 6.91. The number of pyridine rings is 1. The highest BCUT2D eigenvalue weighted by Gasteiger charge is 2.20. The van der Waals surface area contributed by atoms with Crippen molar-refractivity contribution in [3.05, 3.63) is 29.6 Å².